The molecule has 32 heavy (non-hydrogen) atoms. The fourth-order valence-corrected chi connectivity index (χ4v) is 3.75. The highest BCUT2D eigenvalue weighted by Gasteiger charge is 2.17. The van der Waals surface area contributed by atoms with Crippen LogP contribution in [0.4, 0.5) is 0 Å². The number of aliphatic imine (C=N–C) groups is 1. The first kappa shape index (κ1) is 26.2. The fourth-order valence-electron chi connectivity index (χ4n) is 3.75. The maximum absolute atomic E-state index is 5.79. The van der Waals surface area contributed by atoms with Gasteiger partial charge < -0.3 is 25.0 Å². The number of pyridine rings is 1. The molecule has 8 heteroatoms. The Balaban J connectivity index is 0.00000363. The van der Waals surface area contributed by atoms with Gasteiger partial charge in [-0.2, -0.15) is 0 Å². The van der Waals surface area contributed by atoms with E-state index in [0.29, 0.717) is 18.2 Å². The van der Waals surface area contributed by atoms with Crippen molar-refractivity contribution < 1.29 is 9.47 Å². The molecule has 0 amide bonds. The number of nitrogens with one attached hydrogen (secondary N) is 2. The number of benzene rings is 1. The first-order chi connectivity index (χ1) is 15.2. The molecule has 1 aliphatic heterocycles. The van der Waals surface area contributed by atoms with Crippen LogP contribution < -0.4 is 20.1 Å². The molecule has 1 aromatic heterocycles. The van der Waals surface area contributed by atoms with Crippen LogP contribution in [0.3, 0.4) is 0 Å². The number of piperidine rings is 1. The van der Waals surface area contributed by atoms with Gasteiger partial charge >= 0.3 is 0 Å². The Morgan fingerprint density at radius 1 is 1.19 bits per heavy atom. The average molecular weight is 553 g/mol. The maximum atomic E-state index is 5.79. The highest BCUT2D eigenvalue weighted by atomic mass is 127. The second kappa shape index (κ2) is 14.2. The first-order valence-corrected chi connectivity index (χ1v) is 11.1. The Hall–Kier alpha value is -2.07. The minimum absolute atomic E-state index is 0. The van der Waals surface area contributed by atoms with E-state index in [1.807, 2.05) is 42.6 Å². The number of methoxy groups -OCH3 is 1. The van der Waals surface area contributed by atoms with Crippen molar-refractivity contribution in [3.05, 3.63) is 48.2 Å². The third kappa shape index (κ3) is 8.46. The summed E-state index contributed by atoms with van der Waals surface area (Å²) in [7, 11) is 3.43. The maximum Gasteiger partial charge on any atom is 0.219 e. The molecule has 0 radical (unpaired) electrons. The van der Waals surface area contributed by atoms with Gasteiger partial charge in [-0.05, 0) is 50.4 Å². The molecule has 0 spiro atoms. The average Bonchev–Trinajstić information content (AvgIpc) is 2.81. The molecule has 1 aliphatic rings. The van der Waals surface area contributed by atoms with Gasteiger partial charge in [0.1, 0.15) is 11.5 Å². The zero-order valence-electron chi connectivity index (χ0n) is 19.3. The van der Waals surface area contributed by atoms with E-state index < -0.39 is 0 Å². The molecule has 0 saturated carbocycles. The largest absolute Gasteiger partial charge is 0.497 e. The predicted octanol–water partition coefficient (Wildman–Crippen LogP) is 4.43. The highest BCUT2D eigenvalue weighted by Crippen LogP contribution is 2.23. The van der Waals surface area contributed by atoms with Gasteiger partial charge in [-0.1, -0.05) is 18.6 Å². The molecule has 3 rings (SSSR count). The summed E-state index contributed by atoms with van der Waals surface area (Å²) in [5, 5.41) is 6.75. The third-order valence-corrected chi connectivity index (χ3v) is 5.60. The van der Waals surface area contributed by atoms with Crippen LogP contribution in [0.5, 0.6) is 17.4 Å². The number of rotatable bonds is 9. The van der Waals surface area contributed by atoms with Gasteiger partial charge in [-0.25, -0.2) is 4.98 Å². The number of likely N-dealkylation sites (tertiary alicyclic amines) is 1. The van der Waals surface area contributed by atoms with Crippen molar-refractivity contribution >= 4 is 29.9 Å². The van der Waals surface area contributed by atoms with Crippen LogP contribution in [0.15, 0.2) is 47.6 Å². The summed E-state index contributed by atoms with van der Waals surface area (Å²) in [5.74, 6) is 2.80. The molecule has 1 aromatic carbocycles. The van der Waals surface area contributed by atoms with E-state index in [2.05, 4.69) is 32.4 Å². The lowest BCUT2D eigenvalue weighted by Crippen LogP contribution is -2.41. The van der Waals surface area contributed by atoms with Crippen LogP contribution in [0, 0.1) is 0 Å². The van der Waals surface area contributed by atoms with E-state index in [0.717, 1.165) is 42.8 Å². The predicted molar refractivity (Wildman–Crippen MR) is 140 cm³/mol. The first-order valence-electron chi connectivity index (χ1n) is 11.1. The number of hydrogen-bond acceptors (Lipinski definition) is 5. The monoisotopic (exact) mass is 553 g/mol. The summed E-state index contributed by atoms with van der Waals surface area (Å²) in [4.78, 5) is 11.3. The normalized spacial score (nSPS) is 16.7. The number of aromatic nitrogens is 1. The Labute approximate surface area is 209 Å². The smallest absolute Gasteiger partial charge is 0.219 e. The van der Waals surface area contributed by atoms with Crippen LogP contribution in [0.25, 0.3) is 0 Å². The van der Waals surface area contributed by atoms with Crippen LogP contribution >= 0.6 is 24.0 Å². The van der Waals surface area contributed by atoms with Crippen LogP contribution in [-0.2, 0) is 6.54 Å². The van der Waals surface area contributed by atoms with Crippen molar-refractivity contribution in [2.24, 2.45) is 4.99 Å². The van der Waals surface area contributed by atoms with E-state index in [9.17, 15) is 0 Å². The molecule has 0 bridgehead atoms. The molecule has 2 heterocycles. The minimum atomic E-state index is 0. The minimum Gasteiger partial charge on any atom is -0.497 e. The molecule has 2 N–H and O–H groups in total. The lowest BCUT2D eigenvalue weighted by atomic mass is 10.0. The summed E-state index contributed by atoms with van der Waals surface area (Å²) in [6.45, 7) is 6.28. The Kier molecular flexibility index (Phi) is 11.6. The van der Waals surface area contributed by atoms with Gasteiger partial charge in [0.2, 0.25) is 5.88 Å². The van der Waals surface area contributed by atoms with Crippen LogP contribution in [-0.4, -0.2) is 55.7 Å². The third-order valence-electron chi connectivity index (χ3n) is 5.60. The second-order valence-electron chi connectivity index (χ2n) is 7.87. The molecule has 2 aromatic rings. The summed E-state index contributed by atoms with van der Waals surface area (Å²) in [6, 6.07) is 12.1. The molecule has 1 saturated heterocycles. The molecule has 1 unspecified atom stereocenters. The number of guanidine groups is 1. The van der Waals surface area contributed by atoms with Crippen molar-refractivity contribution in [3.8, 4) is 17.4 Å². The van der Waals surface area contributed by atoms with Crippen molar-refractivity contribution in [2.45, 2.75) is 45.2 Å². The second-order valence-corrected chi connectivity index (χ2v) is 7.87. The molecule has 176 valence electrons. The molecule has 1 fully saturated rings. The Bertz CT molecular complexity index is 831. The van der Waals surface area contributed by atoms with Crippen molar-refractivity contribution in [1.82, 2.24) is 20.5 Å². The topological polar surface area (TPSA) is 71.0 Å². The lowest BCUT2D eigenvalue weighted by Gasteiger charge is -2.33. The molecule has 1 atom stereocenters. The lowest BCUT2D eigenvalue weighted by molar-refractivity contribution is 0.159. The summed E-state index contributed by atoms with van der Waals surface area (Å²) < 4.78 is 11.0. The van der Waals surface area contributed by atoms with Gasteiger partial charge in [0, 0.05) is 51.1 Å². The molecule has 7 nitrogen and oxygen atoms in total. The Morgan fingerprint density at radius 2 is 2.03 bits per heavy atom. The van der Waals surface area contributed by atoms with Crippen LogP contribution in [0.1, 0.15) is 38.2 Å². The number of halogens is 1. The van der Waals surface area contributed by atoms with E-state index in [4.69, 9.17) is 9.47 Å². The zero-order chi connectivity index (χ0) is 21.9. The Morgan fingerprint density at radius 3 is 2.75 bits per heavy atom. The molecule has 0 aliphatic carbocycles. The summed E-state index contributed by atoms with van der Waals surface area (Å²) >= 11 is 0. The fraction of sp³-hybridized carbons (Fsp3) is 0.500. The molecular weight excluding hydrogens is 517 g/mol. The highest BCUT2D eigenvalue weighted by molar-refractivity contribution is 14.0. The van der Waals surface area contributed by atoms with E-state index in [1.165, 1.54) is 25.8 Å². The number of hydrogen-bond donors (Lipinski definition) is 2. The standard InChI is InChI=1S/C24H35N5O2.HI/c1-19-8-4-5-14-29(19)15-7-13-26-24(25-2)28-18-20-11-12-23(27-17-20)31-22-10-6-9-21(16-22)30-3;/h6,9-12,16-17,19H,4-5,7-8,13-15,18H2,1-3H3,(H2,25,26,28);1H. The van der Waals surface area contributed by atoms with Crippen LogP contribution in [0.2, 0.25) is 0 Å². The SMILES string of the molecule is CN=C(NCCCN1CCCCC1C)NCc1ccc(Oc2cccc(OC)c2)nc1.I. The van der Waals surface area contributed by atoms with E-state index in [1.54, 1.807) is 14.2 Å². The number of nitrogens with zero attached hydrogens (tertiary/aromatic N) is 3. The van der Waals surface area contributed by atoms with E-state index >= 15 is 0 Å². The zero-order valence-corrected chi connectivity index (χ0v) is 21.7. The van der Waals surface area contributed by atoms with Gasteiger partial charge in [0.25, 0.3) is 0 Å². The van der Waals surface area contributed by atoms with Gasteiger partial charge in [-0.15, -0.1) is 24.0 Å². The summed E-state index contributed by atoms with van der Waals surface area (Å²) in [5.41, 5.74) is 1.06. The van der Waals surface area contributed by atoms with Gasteiger partial charge in [0.05, 0.1) is 7.11 Å². The van der Waals surface area contributed by atoms with E-state index in [-0.39, 0.29) is 24.0 Å². The van der Waals surface area contributed by atoms with Crippen molar-refractivity contribution in [2.75, 3.05) is 33.8 Å². The number of ether oxygens (including phenoxy) is 2. The quantitative estimate of drug-likeness (QED) is 0.207. The van der Waals surface area contributed by atoms with Gasteiger partial charge in [0.15, 0.2) is 5.96 Å². The van der Waals surface area contributed by atoms with Gasteiger partial charge in [-0.3, -0.25) is 4.99 Å². The van der Waals surface area contributed by atoms with Crippen molar-refractivity contribution in [3.63, 3.8) is 0 Å². The molecular formula is C24H36IN5O2. The van der Waals surface area contributed by atoms with Crippen molar-refractivity contribution in [1.29, 1.82) is 0 Å². The summed E-state index contributed by atoms with van der Waals surface area (Å²) in [6.07, 6.45) is 6.96.